The van der Waals surface area contributed by atoms with Crippen LogP contribution in [-0.2, 0) is 9.47 Å². The van der Waals surface area contributed by atoms with Crippen LogP contribution in [-0.4, -0.2) is 32.5 Å². The smallest absolute Gasteiger partial charge is 0.128 e. The standard InChI is InChI=1S/C15H22FNO2/c1-3-17-14(12-6-4-5-7-13(12)16)15(18-2)8-10-19-11-9-15/h4-7,14,17H,3,8-11H2,1-2H3. The highest BCUT2D eigenvalue weighted by Crippen LogP contribution is 2.38. The van der Waals surface area contributed by atoms with Crippen molar-refractivity contribution in [3.8, 4) is 0 Å². The summed E-state index contributed by atoms with van der Waals surface area (Å²) in [5.74, 6) is -0.184. The van der Waals surface area contributed by atoms with Gasteiger partial charge in [-0.05, 0) is 12.6 Å². The molecule has 2 rings (SSSR count). The quantitative estimate of drug-likeness (QED) is 0.889. The summed E-state index contributed by atoms with van der Waals surface area (Å²) in [7, 11) is 1.70. The molecule has 1 aliphatic rings. The van der Waals surface area contributed by atoms with E-state index >= 15 is 0 Å². The van der Waals surface area contributed by atoms with Crippen LogP contribution >= 0.6 is 0 Å². The summed E-state index contributed by atoms with van der Waals surface area (Å²) < 4.78 is 25.3. The lowest BCUT2D eigenvalue weighted by atomic mass is 9.81. The molecule has 0 radical (unpaired) electrons. The van der Waals surface area contributed by atoms with Crippen LogP contribution in [0.15, 0.2) is 24.3 Å². The number of nitrogens with one attached hydrogen (secondary N) is 1. The number of hydrogen-bond acceptors (Lipinski definition) is 3. The van der Waals surface area contributed by atoms with Gasteiger partial charge in [-0.3, -0.25) is 0 Å². The molecule has 3 nitrogen and oxygen atoms in total. The first-order valence-corrected chi connectivity index (χ1v) is 6.84. The fraction of sp³-hybridized carbons (Fsp3) is 0.600. The Balaban J connectivity index is 2.35. The summed E-state index contributed by atoms with van der Waals surface area (Å²) in [6.07, 6.45) is 1.55. The predicted molar refractivity (Wildman–Crippen MR) is 72.6 cm³/mol. The first kappa shape index (κ1) is 14.4. The molecule has 1 fully saturated rings. The van der Waals surface area contributed by atoms with Gasteiger partial charge in [-0.2, -0.15) is 0 Å². The molecule has 1 N–H and O–H groups in total. The third kappa shape index (κ3) is 2.96. The van der Waals surface area contributed by atoms with Gasteiger partial charge in [-0.15, -0.1) is 0 Å². The highest BCUT2D eigenvalue weighted by molar-refractivity contribution is 5.25. The van der Waals surface area contributed by atoms with Crippen molar-refractivity contribution in [2.75, 3.05) is 26.9 Å². The fourth-order valence-corrected chi connectivity index (χ4v) is 2.82. The van der Waals surface area contributed by atoms with Crippen LogP contribution in [0.25, 0.3) is 0 Å². The molecule has 0 aromatic heterocycles. The van der Waals surface area contributed by atoms with E-state index in [0.29, 0.717) is 18.8 Å². The maximum Gasteiger partial charge on any atom is 0.128 e. The average molecular weight is 267 g/mol. The van der Waals surface area contributed by atoms with Crippen molar-refractivity contribution < 1.29 is 13.9 Å². The van der Waals surface area contributed by atoms with Gasteiger partial charge in [0.1, 0.15) is 5.82 Å². The maximum atomic E-state index is 14.1. The Morgan fingerprint density at radius 2 is 2.05 bits per heavy atom. The van der Waals surface area contributed by atoms with Crippen molar-refractivity contribution in [3.05, 3.63) is 35.6 Å². The van der Waals surface area contributed by atoms with Crippen LogP contribution in [0, 0.1) is 5.82 Å². The zero-order chi connectivity index (χ0) is 13.7. The van der Waals surface area contributed by atoms with E-state index in [4.69, 9.17) is 9.47 Å². The van der Waals surface area contributed by atoms with Crippen molar-refractivity contribution in [1.82, 2.24) is 5.32 Å². The summed E-state index contributed by atoms with van der Waals surface area (Å²) in [6, 6.07) is 6.77. The molecular weight excluding hydrogens is 245 g/mol. The maximum absolute atomic E-state index is 14.1. The lowest BCUT2D eigenvalue weighted by molar-refractivity contribution is -0.112. The predicted octanol–water partition coefficient (Wildman–Crippen LogP) is 2.67. The molecule has 1 heterocycles. The average Bonchev–Trinajstić information content (AvgIpc) is 2.46. The van der Waals surface area contributed by atoms with E-state index < -0.39 is 5.60 Å². The summed E-state index contributed by atoms with van der Waals surface area (Å²) in [4.78, 5) is 0. The molecule has 1 aromatic rings. The Morgan fingerprint density at radius 1 is 1.37 bits per heavy atom. The molecule has 0 bridgehead atoms. The van der Waals surface area contributed by atoms with Crippen molar-refractivity contribution in [1.29, 1.82) is 0 Å². The monoisotopic (exact) mass is 267 g/mol. The van der Waals surface area contributed by atoms with E-state index in [2.05, 4.69) is 5.32 Å². The summed E-state index contributed by atoms with van der Waals surface area (Å²) in [5.41, 5.74) is 0.282. The Labute approximate surface area is 114 Å². The second-order valence-corrected chi connectivity index (χ2v) is 4.89. The molecule has 0 saturated carbocycles. The third-order valence-corrected chi connectivity index (χ3v) is 3.90. The highest BCUT2D eigenvalue weighted by atomic mass is 19.1. The number of benzene rings is 1. The second-order valence-electron chi connectivity index (χ2n) is 4.89. The molecular formula is C15H22FNO2. The molecule has 1 aliphatic heterocycles. The first-order valence-electron chi connectivity index (χ1n) is 6.84. The van der Waals surface area contributed by atoms with E-state index in [9.17, 15) is 4.39 Å². The van der Waals surface area contributed by atoms with Gasteiger partial charge in [0.05, 0.1) is 11.6 Å². The van der Waals surface area contributed by atoms with Gasteiger partial charge in [-0.25, -0.2) is 4.39 Å². The summed E-state index contributed by atoms with van der Waals surface area (Å²) in [6.45, 7) is 4.11. The lowest BCUT2D eigenvalue weighted by Gasteiger charge is -2.43. The summed E-state index contributed by atoms with van der Waals surface area (Å²) in [5, 5.41) is 3.38. The molecule has 1 unspecified atom stereocenters. The minimum Gasteiger partial charge on any atom is -0.381 e. The Morgan fingerprint density at radius 3 is 2.63 bits per heavy atom. The molecule has 4 heteroatoms. The van der Waals surface area contributed by atoms with Gasteiger partial charge in [0, 0.05) is 38.7 Å². The van der Waals surface area contributed by atoms with Crippen LogP contribution in [0.1, 0.15) is 31.4 Å². The van der Waals surface area contributed by atoms with E-state index in [0.717, 1.165) is 19.4 Å². The molecule has 0 amide bonds. The molecule has 0 spiro atoms. The first-order chi connectivity index (χ1) is 9.23. The van der Waals surface area contributed by atoms with Crippen molar-refractivity contribution in [2.45, 2.75) is 31.4 Å². The van der Waals surface area contributed by atoms with Gasteiger partial charge in [-0.1, -0.05) is 25.1 Å². The number of ether oxygens (including phenoxy) is 2. The van der Waals surface area contributed by atoms with E-state index in [1.54, 1.807) is 13.2 Å². The molecule has 1 saturated heterocycles. The van der Waals surface area contributed by atoms with E-state index in [1.165, 1.54) is 6.07 Å². The zero-order valence-corrected chi connectivity index (χ0v) is 11.6. The third-order valence-electron chi connectivity index (χ3n) is 3.90. The topological polar surface area (TPSA) is 30.5 Å². The van der Waals surface area contributed by atoms with Crippen LogP contribution in [0.2, 0.25) is 0 Å². The van der Waals surface area contributed by atoms with Gasteiger partial charge in [0.25, 0.3) is 0 Å². The lowest BCUT2D eigenvalue weighted by Crippen LogP contribution is -2.49. The molecule has 1 aromatic carbocycles. The minimum absolute atomic E-state index is 0.146. The van der Waals surface area contributed by atoms with Gasteiger partial charge in [0.15, 0.2) is 0 Å². The second kappa shape index (κ2) is 6.46. The number of methoxy groups -OCH3 is 1. The number of hydrogen-bond donors (Lipinski definition) is 1. The van der Waals surface area contributed by atoms with Crippen molar-refractivity contribution >= 4 is 0 Å². The summed E-state index contributed by atoms with van der Waals surface area (Å²) >= 11 is 0. The Hall–Kier alpha value is -0.970. The van der Waals surface area contributed by atoms with Crippen LogP contribution < -0.4 is 5.32 Å². The molecule has 1 atom stereocenters. The van der Waals surface area contributed by atoms with Crippen molar-refractivity contribution in [2.24, 2.45) is 0 Å². The Kier molecular flexibility index (Phi) is 4.91. The van der Waals surface area contributed by atoms with Crippen molar-refractivity contribution in [3.63, 3.8) is 0 Å². The molecule has 0 aliphatic carbocycles. The van der Waals surface area contributed by atoms with Crippen LogP contribution in [0.4, 0.5) is 4.39 Å². The van der Waals surface area contributed by atoms with Gasteiger partial charge >= 0.3 is 0 Å². The molecule has 106 valence electrons. The molecule has 19 heavy (non-hydrogen) atoms. The Bertz CT molecular complexity index is 405. The van der Waals surface area contributed by atoms with Crippen LogP contribution in [0.5, 0.6) is 0 Å². The van der Waals surface area contributed by atoms with Gasteiger partial charge < -0.3 is 14.8 Å². The number of likely N-dealkylation sites (N-methyl/N-ethyl adjacent to an activating group) is 1. The fourth-order valence-electron chi connectivity index (χ4n) is 2.82. The number of halogens is 1. The number of rotatable bonds is 5. The van der Waals surface area contributed by atoms with Gasteiger partial charge in [0.2, 0.25) is 0 Å². The zero-order valence-electron chi connectivity index (χ0n) is 11.6. The van der Waals surface area contributed by atoms with Crippen LogP contribution in [0.3, 0.4) is 0 Å². The largest absolute Gasteiger partial charge is 0.381 e. The highest BCUT2D eigenvalue weighted by Gasteiger charge is 2.42. The van der Waals surface area contributed by atoms with E-state index in [-0.39, 0.29) is 11.9 Å². The minimum atomic E-state index is -0.392. The van der Waals surface area contributed by atoms with E-state index in [1.807, 2.05) is 19.1 Å². The SMILES string of the molecule is CCNC(c1ccccc1F)C1(OC)CCOCC1. The normalized spacial score (nSPS) is 20.2.